The Bertz CT molecular complexity index is 920. The second kappa shape index (κ2) is 9.86. The first-order chi connectivity index (χ1) is 16.6. The number of carbonyl (C=O) groups excluding carboxylic acids is 2. The average Bonchev–Trinajstić information content (AvgIpc) is 2.79. The first kappa shape index (κ1) is 30.5. The van der Waals surface area contributed by atoms with Crippen molar-refractivity contribution < 1.29 is 34.4 Å². The number of ether oxygens (including phenoxy) is 2. The molecule has 4 rings (SSSR count). The van der Waals surface area contributed by atoms with E-state index in [9.17, 15) is 24.9 Å². The van der Waals surface area contributed by atoms with Crippen LogP contribution in [0.1, 0.15) is 73.6 Å². The van der Waals surface area contributed by atoms with Gasteiger partial charge in [0.05, 0.1) is 24.4 Å². The first-order valence-electron chi connectivity index (χ1n) is 13.4. The lowest BCUT2D eigenvalue weighted by atomic mass is 9.40. The highest BCUT2D eigenvalue weighted by Crippen LogP contribution is 2.67. The standard InChI is InChI=1S/C28H45NO7.ClH/c1-8-25(5)15-19(31)28(34)26(6)18(30)9-12-24(3,4)22(26)21(33)23(27(28,7)36-25)35-20(32)16-29-13-10-17(2)11-14-29;/h8,17-18,21-23,30,33-34H,1,9-16H2,2-7H3;1H/t18-,21?,22?,23?,25-,26?,27+,28-;/m0./s1. The number of likely N-dealkylation sites (tertiary alicyclic amines) is 1. The van der Waals surface area contributed by atoms with Gasteiger partial charge in [0.1, 0.15) is 5.60 Å². The van der Waals surface area contributed by atoms with Crippen LogP contribution in [0, 0.1) is 22.7 Å². The van der Waals surface area contributed by atoms with Crippen molar-refractivity contribution in [1.82, 2.24) is 4.90 Å². The third-order valence-electron chi connectivity index (χ3n) is 10.2. The first-order valence-corrected chi connectivity index (χ1v) is 13.4. The number of piperidine rings is 1. The molecule has 4 aliphatic rings. The highest BCUT2D eigenvalue weighted by molar-refractivity contribution is 5.92. The molecule has 0 aromatic rings. The van der Waals surface area contributed by atoms with Crippen molar-refractivity contribution in [3.05, 3.63) is 12.7 Å². The molecule has 9 heteroatoms. The number of hydrogen-bond acceptors (Lipinski definition) is 8. The third kappa shape index (κ3) is 4.40. The van der Waals surface area contributed by atoms with E-state index in [0.717, 1.165) is 25.9 Å². The monoisotopic (exact) mass is 543 g/mol. The lowest BCUT2D eigenvalue weighted by molar-refractivity contribution is -0.370. The number of rotatable bonds is 4. The van der Waals surface area contributed by atoms with E-state index in [1.807, 2.05) is 18.7 Å². The molecule has 8 atom stereocenters. The minimum absolute atomic E-state index is 0. The molecule has 0 spiro atoms. The molecule has 8 nitrogen and oxygen atoms in total. The van der Waals surface area contributed by atoms with Crippen LogP contribution in [0.15, 0.2) is 12.7 Å². The number of aliphatic hydroxyl groups excluding tert-OH is 2. The molecule has 3 N–H and O–H groups in total. The van der Waals surface area contributed by atoms with E-state index in [1.54, 1.807) is 13.8 Å². The number of Topliss-reactive ketones (excluding diaryl/α,β-unsaturated/α-hetero) is 1. The fraction of sp³-hybridized carbons (Fsp3) is 0.857. The molecule has 37 heavy (non-hydrogen) atoms. The summed E-state index contributed by atoms with van der Waals surface area (Å²) in [4.78, 5) is 29.2. The van der Waals surface area contributed by atoms with Gasteiger partial charge in [-0.25, -0.2) is 0 Å². The minimum Gasteiger partial charge on any atom is -0.455 e. The quantitative estimate of drug-likeness (QED) is 0.366. The summed E-state index contributed by atoms with van der Waals surface area (Å²) >= 11 is 0. The fourth-order valence-electron chi connectivity index (χ4n) is 8.06. The third-order valence-corrected chi connectivity index (χ3v) is 10.2. The number of carbonyl (C=O) groups is 2. The Hall–Kier alpha value is -1.03. The zero-order valence-corrected chi connectivity index (χ0v) is 24.0. The number of nitrogens with zero attached hydrogens (tertiary/aromatic N) is 1. The number of esters is 1. The lowest BCUT2D eigenvalue weighted by Gasteiger charge is -2.71. The molecule has 0 radical (unpaired) electrons. The van der Waals surface area contributed by atoms with Crippen molar-refractivity contribution in [2.24, 2.45) is 22.7 Å². The van der Waals surface area contributed by atoms with Crippen LogP contribution in [0.5, 0.6) is 0 Å². The average molecular weight is 544 g/mol. The smallest absolute Gasteiger partial charge is 0.320 e. The van der Waals surface area contributed by atoms with Crippen LogP contribution in [0.2, 0.25) is 0 Å². The molecular weight excluding hydrogens is 498 g/mol. The van der Waals surface area contributed by atoms with Gasteiger partial charge in [-0.2, -0.15) is 0 Å². The molecule has 2 aliphatic heterocycles. The number of ketones is 1. The van der Waals surface area contributed by atoms with E-state index in [0.29, 0.717) is 18.8 Å². The van der Waals surface area contributed by atoms with E-state index in [1.165, 1.54) is 13.0 Å². The van der Waals surface area contributed by atoms with E-state index >= 15 is 0 Å². The fourth-order valence-corrected chi connectivity index (χ4v) is 8.06. The number of fused-ring (bicyclic) bond motifs is 3. The van der Waals surface area contributed by atoms with Crippen LogP contribution >= 0.6 is 12.4 Å². The van der Waals surface area contributed by atoms with Gasteiger partial charge in [0, 0.05) is 17.8 Å². The number of halogens is 1. The van der Waals surface area contributed by atoms with Crippen molar-refractivity contribution in [3.8, 4) is 0 Å². The maximum absolute atomic E-state index is 13.9. The molecule has 0 bridgehead atoms. The van der Waals surface area contributed by atoms with Gasteiger partial charge in [-0.05, 0) is 64.0 Å². The van der Waals surface area contributed by atoms with Gasteiger partial charge < -0.3 is 24.8 Å². The van der Waals surface area contributed by atoms with E-state index in [-0.39, 0.29) is 25.4 Å². The molecule has 4 fully saturated rings. The summed E-state index contributed by atoms with van der Waals surface area (Å²) in [5, 5.41) is 35.7. The van der Waals surface area contributed by atoms with E-state index < -0.39 is 63.6 Å². The zero-order chi connectivity index (χ0) is 26.9. The second-order valence-electron chi connectivity index (χ2n) is 13.2. The Balaban J connectivity index is 0.00000380. The summed E-state index contributed by atoms with van der Waals surface area (Å²) in [7, 11) is 0. The van der Waals surface area contributed by atoms with Crippen molar-refractivity contribution in [2.75, 3.05) is 19.6 Å². The van der Waals surface area contributed by atoms with Gasteiger partial charge in [-0.3, -0.25) is 14.5 Å². The van der Waals surface area contributed by atoms with Crippen LogP contribution in [0.3, 0.4) is 0 Å². The Morgan fingerprint density at radius 2 is 1.76 bits per heavy atom. The van der Waals surface area contributed by atoms with Crippen LogP contribution in [-0.4, -0.2) is 86.7 Å². The molecule has 0 aromatic heterocycles. The summed E-state index contributed by atoms with van der Waals surface area (Å²) in [5.74, 6) is -1.14. The van der Waals surface area contributed by atoms with Crippen LogP contribution in [0.25, 0.3) is 0 Å². The largest absolute Gasteiger partial charge is 0.455 e. The maximum Gasteiger partial charge on any atom is 0.320 e. The zero-order valence-electron chi connectivity index (χ0n) is 23.2. The van der Waals surface area contributed by atoms with Gasteiger partial charge in [0.15, 0.2) is 17.5 Å². The Morgan fingerprint density at radius 3 is 2.32 bits per heavy atom. The molecular formula is C28H46ClNO7. The summed E-state index contributed by atoms with van der Waals surface area (Å²) in [5.41, 5.74) is -7.11. The van der Waals surface area contributed by atoms with Crippen molar-refractivity contribution in [2.45, 2.75) is 109 Å². The SMILES string of the molecule is C=C[C@@]1(C)CC(=O)[C@]2(O)C3(C)C(C(O)C(OC(=O)CN4CCC(C)CC4)[C@@]2(C)O1)C(C)(C)CC[C@@H]3O.Cl. The van der Waals surface area contributed by atoms with E-state index in [2.05, 4.69) is 13.5 Å². The highest BCUT2D eigenvalue weighted by atomic mass is 35.5. The molecule has 212 valence electrons. The molecule has 0 amide bonds. The predicted octanol–water partition coefficient (Wildman–Crippen LogP) is 2.65. The Labute approximate surface area is 227 Å². The highest BCUT2D eigenvalue weighted by Gasteiger charge is 2.81. The molecule has 0 aromatic carbocycles. The lowest BCUT2D eigenvalue weighted by Crippen LogP contribution is -2.86. The van der Waals surface area contributed by atoms with Crippen molar-refractivity contribution in [1.29, 1.82) is 0 Å². The summed E-state index contributed by atoms with van der Waals surface area (Å²) in [6.07, 6.45) is 0.686. The topological polar surface area (TPSA) is 117 Å². The Morgan fingerprint density at radius 1 is 1.16 bits per heavy atom. The van der Waals surface area contributed by atoms with Crippen LogP contribution in [-0.2, 0) is 19.1 Å². The number of aliphatic hydroxyl groups is 3. The van der Waals surface area contributed by atoms with Crippen LogP contribution in [0.4, 0.5) is 0 Å². The summed E-state index contributed by atoms with van der Waals surface area (Å²) < 4.78 is 12.5. The summed E-state index contributed by atoms with van der Waals surface area (Å²) in [6, 6.07) is 0. The molecule has 2 heterocycles. The van der Waals surface area contributed by atoms with Gasteiger partial charge in [0.25, 0.3) is 0 Å². The Kier molecular flexibility index (Phi) is 8.13. The molecule has 2 aliphatic carbocycles. The number of hydrogen-bond donors (Lipinski definition) is 3. The molecule has 2 saturated carbocycles. The van der Waals surface area contributed by atoms with Gasteiger partial charge >= 0.3 is 5.97 Å². The van der Waals surface area contributed by atoms with Crippen molar-refractivity contribution in [3.63, 3.8) is 0 Å². The van der Waals surface area contributed by atoms with Gasteiger partial charge in [-0.15, -0.1) is 19.0 Å². The maximum atomic E-state index is 13.9. The second-order valence-corrected chi connectivity index (χ2v) is 13.2. The van der Waals surface area contributed by atoms with Crippen LogP contribution < -0.4 is 0 Å². The van der Waals surface area contributed by atoms with E-state index in [4.69, 9.17) is 9.47 Å². The molecule has 2 saturated heterocycles. The normalized spacial score (nSPS) is 46.2. The molecule has 4 unspecified atom stereocenters. The van der Waals surface area contributed by atoms with Crippen molar-refractivity contribution >= 4 is 24.2 Å². The van der Waals surface area contributed by atoms with Gasteiger partial charge in [-0.1, -0.05) is 33.8 Å². The summed E-state index contributed by atoms with van der Waals surface area (Å²) in [6.45, 7) is 16.5. The minimum atomic E-state index is -2.20. The predicted molar refractivity (Wildman–Crippen MR) is 141 cm³/mol. The van der Waals surface area contributed by atoms with Gasteiger partial charge in [0.2, 0.25) is 0 Å².